The summed E-state index contributed by atoms with van der Waals surface area (Å²) in [5, 5.41) is 0. The van der Waals surface area contributed by atoms with Crippen LogP contribution >= 0.6 is 0 Å². The molecule has 0 amide bonds. The van der Waals surface area contributed by atoms with Crippen molar-refractivity contribution in [3.8, 4) is 0 Å². The van der Waals surface area contributed by atoms with Gasteiger partial charge in [0.25, 0.3) is 0 Å². The van der Waals surface area contributed by atoms with E-state index in [9.17, 15) is 0 Å². The predicted molar refractivity (Wildman–Crippen MR) is 53.0 cm³/mol. The van der Waals surface area contributed by atoms with Crippen LogP contribution in [-0.2, 0) is 0 Å². The van der Waals surface area contributed by atoms with Gasteiger partial charge in [0.2, 0.25) is 0 Å². The lowest BCUT2D eigenvalue weighted by molar-refractivity contribution is 0.589. The molecule has 2 rings (SSSR count). The molecule has 0 N–H and O–H groups in total. The van der Waals surface area contributed by atoms with Gasteiger partial charge in [-0.2, -0.15) is 0 Å². The fourth-order valence-corrected chi connectivity index (χ4v) is 2.50. The third-order valence-electron chi connectivity index (χ3n) is 3.13. The van der Waals surface area contributed by atoms with Crippen molar-refractivity contribution in [3.05, 3.63) is 23.3 Å². The Bertz CT molecular complexity index is 220. The summed E-state index contributed by atoms with van der Waals surface area (Å²) in [6.45, 7) is 2.29. The Morgan fingerprint density at radius 3 is 3.00 bits per heavy atom. The second-order valence-electron chi connectivity index (χ2n) is 4.01. The minimum Gasteiger partial charge on any atom is -0.0771 e. The smallest absolute Gasteiger partial charge is 0.00143 e. The molecule has 2 aliphatic rings. The van der Waals surface area contributed by atoms with Gasteiger partial charge in [0.15, 0.2) is 0 Å². The van der Waals surface area contributed by atoms with Crippen LogP contribution in [0.4, 0.5) is 0 Å². The van der Waals surface area contributed by atoms with Gasteiger partial charge in [0.1, 0.15) is 0 Å². The average Bonchev–Trinajstić information content (AvgIpc) is 2.50. The highest BCUT2D eigenvalue weighted by atomic mass is 14.3. The fraction of sp³-hybridized carbons (Fsp3) is 0.667. The molecule has 0 saturated carbocycles. The van der Waals surface area contributed by atoms with Crippen molar-refractivity contribution in [1.82, 2.24) is 0 Å². The molecule has 12 heavy (non-hydrogen) atoms. The summed E-state index contributed by atoms with van der Waals surface area (Å²) in [4.78, 5) is 0. The Balaban J connectivity index is 2.10. The topological polar surface area (TPSA) is 0 Å². The molecule has 0 bridgehead atoms. The molecular weight excluding hydrogens is 144 g/mol. The Morgan fingerprint density at radius 1 is 1.33 bits per heavy atom. The second kappa shape index (κ2) is 3.47. The zero-order valence-corrected chi connectivity index (χ0v) is 7.97. The lowest BCUT2D eigenvalue weighted by Crippen LogP contribution is -2.03. The van der Waals surface area contributed by atoms with Gasteiger partial charge < -0.3 is 0 Å². The van der Waals surface area contributed by atoms with E-state index in [4.69, 9.17) is 0 Å². The summed E-state index contributed by atoms with van der Waals surface area (Å²) in [6.07, 6.45) is 13.1. The third-order valence-corrected chi connectivity index (χ3v) is 3.13. The molecule has 0 heterocycles. The number of rotatable bonds is 2. The number of hydrogen-bond acceptors (Lipinski definition) is 0. The zero-order valence-electron chi connectivity index (χ0n) is 7.97. The summed E-state index contributed by atoms with van der Waals surface area (Å²) >= 11 is 0. The van der Waals surface area contributed by atoms with Crippen LogP contribution in [0.5, 0.6) is 0 Å². The predicted octanol–water partition coefficient (Wildman–Crippen LogP) is 3.84. The minimum absolute atomic E-state index is 0.824. The van der Waals surface area contributed by atoms with E-state index in [2.05, 4.69) is 19.1 Å². The molecule has 0 spiro atoms. The lowest BCUT2D eigenvalue weighted by atomic mass is 9.87. The maximum atomic E-state index is 2.43. The monoisotopic (exact) mass is 162 g/mol. The number of allylic oxidation sites excluding steroid dienone is 4. The normalized spacial score (nSPS) is 27.9. The molecule has 1 atom stereocenters. The molecule has 0 saturated heterocycles. The van der Waals surface area contributed by atoms with E-state index in [0.717, 1.165) is 5.92 Å². The van der Waals surface area contributed by atoms with Crippen LogP contribution in [0.1, 0.15) is 45.4 Å². The molecule has 2 aliphatic carbocycles. The van der Waals surface area contributed by atoms with Crippen molar-refractivity contribution in [2.45, 2.75) is 45.4 Å². The highest BCUT2D eigenvalue weighted by Crippen LogP contribution is 2.38. The molecule has 0 radical (unpaired) electrons. The Kier molecular flexibility index (Phi) is 2.34. The first-order valence-electron chi connectivity index (χ1n) is 5.32. The molecule has 0 aromatic carbocycles. The van der Waals surface area contributed by atoms with Gasteiger partial charge >= 0.3 is 0 Å². The molecule has 0 fully saturated rings. The first-order chi connectivity index (χ1) is 5.92. The molecule has 1 unspecified atom stereocenters. The van der Waals surface area contributed by atoms with E-state index in [-0.39, 0.29) is 0 Å². The van der Waals surface area contributed by atoms with E-state index in [1.807, 2.05) is 0 Å². The standard InChI is InChI=1S/C12H18/c1-2-5-10-8-9-11-6-3-4-7-12(10)11/h8-10H,2-7H2,1H3. The maximum absolute atomic E-state index is 2.43. The van der Waals surface area contributed by atoms with Crippen molar-refractivity contribution in [3.63, 3.8) is 0 Å². The number of hydrogen-bond donors (Lipinski definition) is 0. The molecule has 0 aromatic heterocycles. The van der Waals surface area contributed by atoms with Gasteiger partial charge in [-0.3, -0.25) is 0 Å². The van der Waals surface area contributed by atoms with Gasteiger partial charge in [-0.25, -0.2) is 0 Å². The third kappa shape index (κ3) is 1.35. The first-order valence-corrected chi connectivity index (χ1v) is 5.32. The largest absolute Gasteiger partial charge is 0.0771 e. The van der Waals surface area contributed by atoms with Gasteiger partial charge in [-0.15, -0.1) is 0 Å². The van der Waals surface area contributed by atoms with Crippen LogP contribution in [0, 0.1) is 5.92 Å². The highest BCUT2D eigenvalue weighted by Gasteiger charge is 2.21. The van der Waals surface area contributed by atoms with Crippen LogP contribution in [0.2, 0.25) is 0 Å². The van der Waals surface area contributed by atoms with Crippen molar-refractivity contribution in [2.24, 2.45) is 5.92 Å². The Labute approximate surface area is 75.4 Å². The molecule has 0 heteroatoms. The van der Waals surface area contributed by atoms with Crippen LogP contribution in [0.15, 0.2) is 23.3 Å². The molecule has 0 aliphatic heterocycles. The van der Waals surface area contributed by atoms with Crippen molar-refractivity contribution < 1.29 is 0 Å². The summed E-state index contributed by atoms with van der Waals surface area (Å²) in [5.41, 5.74) is 3.46. The van der Waals surface area contributed by atoms with E-state index in [1.165, 1.54) is 38.5 Å². The van der Waals surface area contributed by atoms with Crippen molar-refractivity contribution >= 4 is 0 Å². The van der Waals surface area contributed by atoms with E-state index in [1.54, 1.807) is 11.1 Å². The Morgan fingerprint density at radius 2 is 2.17 bits per heavy atom. The van der Waals surface area contributed by atoms with E-state index in [0.29, 0.717) is 0 Å². The van der Waals surface area contributed by atoms with Crippen LogP contribution in [0.25, 0.3) is 0 Å². The van der Waals surface area contributed by atoms with Gasteiger partial charge in [0, 0.05) is 0 Å². The SMILES string of the molecule is CCCC1C=CC2=C1CCCC2. The van der Waals surface area contributed by atoms with E-state index >= 15 is 0 Å². The molecular formula is C12H18. The summed E-state index contributed by atoms with van der Waals surface area (Å²) < 4.78 is 0. The van der Waals surface area contributed by atoms with Crippen LogP contribution in [-0.4, -0.2) is 0 Å². The van der Waals surface area contributed by atoms with Gasteiger partial charge in [-0.05, 0) is 43.6 Å². The van der Waals surface area contributed by atoms with Crippen LogP contribution in [0.3, 0.4) is 0 Å². The summed E-state index contributed by atoms with van der Waals surface area (Å²) in [7, 11) is 0. The zero-order chi connectivity index (χ0) is 8.39. The summed E-state index contributed by atoms with van der Waals surface area (Å²) in [6, 6.07) is 0. The Hall–Kier alpha value is -0.520. The highest BCUT2D eigenvalue weighted by molar-refractivity contribution is 5.38. The fourth-order valence-electron chi connectivity index (χ4n) is 2.50. The molecule has 0 nitrogen and oxygen atoms in total. The summed E-state index contributed by atoms with van der Waals surface area (Å²) in [5.74, 6) is 0.824. The van der Waals surface area contributed by atoms with E-state index < -0.39 is 0 Å². The molecule has 66 valence electrons. The van der Waals surface area contributed by atoms with Crippen molar-refractivity contribution in [1.29, 1.82) is 0 Å². The molecule has 0 aromatic rings. The average molecular weight is 162 g/mol. The minimum atomic E-state index is 0.824. The van der Waals surface area contributed by atoms with Crippen LogP contribution < -0.4 is 0 Å². The van der Waals surface area contributed by atoms with Gasteiger partial charge in [-0.1, -0.05) is 31.1 Å². The first kappa shape index (κ1) is 8.10. The van der Waals surface area contributed by atoms with Gasteiger partial charge in [0.05, 0.1) is 0 Å². The lowest BCUT2D eigenvalue weighted by Gasteiger charge is -2.18. The quantitative estimate of drug-likeness (QED) is 0.578. The second-order valence-corrected chi connectivity index (χ2v) is 4.01. The van der Waals surface area contributed by atoms with Crippen molar-refractivity contribution in [2.75, 3.05) is 0 Å². The maximum Gasteiger partial charge on any atom is -0.00143 e.